The van der Waals surface area contributed by atoms with Crippen LogP contribution in [-0.2, 0) is 4.79 Å². The zero-order valence-corrected chi connectivity index (χ0v) is 4.98. The predicted octanol–water partition coefficient (Wildman–Crippen LogP) is 0.831. The van der Waals surface area contributed by atoms with Crippen molar-refractivity contribution in [3.05, 3.63) is 24.0 Å². The monoisotopic (exact) mass is 133 g/mol. The minimum absolute atomic E-state index is 0.359. The summed E-state index contributed by atoms with van der Waals surface area (Å²) in [6.07, 6.45) is 4.81. The van der Waals surface area contributed by atoms with Gasteiger partial charge in [-0.25, -0.2) is 0 Å². The number of hydrogen-bond donors (Lipinski definition) is 0. The summed E-state index contributed by atoms with van der Waals surface area (Å²) < 4.78 is 0. The van der Waals surface area contributed by atoms with E-state index in [2.05, 4.69) is 15.2 Å². The Kier molecular flexibility index (Phi) is 0.887. The molecule has 2 rings (SSSR count). The maximum atomic E-state index is 10.8. The molecule has 48 valence electrons. The number of carbonyl (C=O) groups excluding carboxylic acids is 1. The Bertz CT molecular complexity index is 303. The summed E-state index contributed by atoms with van der Waals surface area (Å²) in [7, 11) is 0. The van der Waals surface area contributed by atoms with Crippen LogP contribution in [0.4, 0.5) is 0 Å². The van der Waals surface area contributed by atoms with Crippen molar-refractivity contribution < 1.29 is 4.79 Å². The SMILES string of the molecule is O=C1N=NC=C2C=CN=C12. The molecule has 0 aromatic heterocycles. The fourth-order valence-corrected chi connectivity index (χ4v) is 0.819. The second kappa shape index (κ2) is 1.70. The molecule has 0 unspecified atom stereocenters. The molecule has 0 atom stereocenters. The molecule has 1 amide bonds. The van der Waals surface area contributed by atoms with Gasteiger partial charge in [0.15, 0.2) is 0 Å². The van der Waals surface area contributed by atoms with E-state index in [4.69, 9.17) is 0 Å². The average molecular weight is 133 g/mol. The second-order valence-electron chi connectivity index (χ2n) is 1.90. The van der Waals surface area contributed by atoms with E-state index in [1.807, 2.05) is 0 Å². The summed E-state index contributed by atoms with van der Waals surface area (Å²) >= 11 is 0. The highest BCUT2D eigenvalue weighted by molar-refractivity contribution is 6.47. The molecule has 0 N–H and O–H groups in total. The van der Waals surface area contributed by atoms with Gasteiger partial charge in [0, 0.05) is 11.8 Å². The third-order valence-electron chi connectivity index (χ3n) is 1.28. The molecule has 0 saturated carbocycles. The van der Waals surface area contributed by atoms with Crippen LogP contribution in [0, 0.1) is 0 Å². The van der Waals surface area contributed by atoms with E-state index in [1.165, 1.54) is 6.20 Å². The third kappa shape index (κ3) is 0.556. The fourth-order valence-electron chi connectivity index (χ4n) is 0.819. The van der Waals surface area contributed by atoms with E-state index >= 15 is 0 Å². The first-order chi connectivity index (χ1) is 4.88. The first-order valence-corrected chi connectivity index (χ1v) is 2.78. The number of hydrogen-bond acceptors (Lipinski definition) is 3. The van der Waals surface area contributed by atoms with Crippen LogP contribution in [0.2, 0.25) is 0 Å². The van der Waals surface area contributed by atoms with E-state index in [0.29, 0.717) is 5.71 Å². The maximum absolute atomic E-state index is 10.8. The Labute approximate surface area is 56.7 Å². The number of carbonyl (C=O) groups is 1. The van der Waals surface area contributed by atoms with E-state index in [1.54, 1.807) is 12.3 Å². The van der Waals surface area contributed by atoms with E-state index in [-0.39, 0.29) is 5.91 Å². The van der Waals surface area contributed by atoms with Crippen LogP contribution in [0.3, 0.4) is 0 Å². The summed E-state index contributed by atoms with van der Waals surface area (Å²) in [6, 6.07) is 0. The minimum Gasteiger partial charge on any atom is -0.263 e. The summed E-state index contributed by atoms with van der Waals surface area (Å²) in [5.41, 5.74) is 1.15. The van der Waals surface area contributed by atoms with Gasteiger partial charge in [0.2, 0.25) is 0 Å². The van der Waals surface area contributed by atoms with Crippen LogP contribution in [0.1, 0.15) is 0 Å². The zero-order valence-electron chi connectivity index (χ0n) is 4.98. The predicted molar refractivity (Wildman–Crippen MR) is 34.5 cm³/mol. The Morgan fingerprint density at radius 1 is 1.40 bits per heavy atom. The van der Waals surface area contributed by atoms with E-state index < -0.39 is 0 Å². The van der Waals surface area contributed by atoms with Crippen LogP contribution in [-0.4, -0.2) is 11.6 Å². The average Bonchev–Trinajstić information content (AvgIpc) is 2.36. The molecule has 4 nitrogen and oxygen atoms in total. The van der Waals surface area contributed by atoms with Gasteiger partial charge in [-0.2, -0.15) is 5.11 Å². The molecular weight excluding hydrogens is 130 g/mol. The quantitative estimate of drug-likeness (QED) is 0.482. The third-order valence-corrected chi connectivity index (χ3v) is 1.28. The number of fused-ring (bicyclic) bond motifs is 1. The van der Waals surface area contributed by atoms with Crippen LogP contribution in [0.25, 0.3) is 0 Å². The van der Waals surface area contributed by atoms with Gasteiger partial charge in [0.1, 0.15) is 5.71 Å². The van der Waals surface area contributed by atoms with Crippen molar-refractivity contribution in [2.24, 2.45) is 15.2 Å². The lowest BCUT2D eigenvalue weighted by Crippen LogP contribution is -2.12. The molecule has 0 radical (unpaired) electrons. The molecule has 0 aromatic rings. The molecule has 2 heterocycles. The van der Waals surface area contributed by atoms with Crippen molar-refractivity contribution in [3.63, 3.8) is 0 Å². The molecule has 2 aliphatic heterocycles. The fraction of sp³-hybridized carbons (Fsp3) is 0. The van der Waals surface area contributed by atoms with Crippen molar-refractivity contribution in [1.29, 1.82) is 0 Å². The normalized spacial score (nSPS) is 20.6. The van der Waals surface area contributed by atoms with E-state index in [9.17, 15) is 4.79 Å². The van der Waals surface area contributed by atoms with Crippen LogP contribution >= 0.6 is 0 Å². The molecule has 4 heteroatoms. The molecule has 0 saturated heterocycles. The number of rotatable bonds is 0. The summed E-state index contributed by atoms with van der Waals surface area (Å²) in [4.78, 5) is 14.6. The minimum atomic E-state index is -0.359. The Morgan fingerprint density at radius 3 is 3.10 bits per heavy atom. The molecule has 0 aromatic carbocycles. The van der Waals surface area contributed by atoms with Crippen molar-refractivity contribution >= 4 is 11.6 Å². The van der Waals surface area contributed by atoms with Crippen molar-refractivity contribution in [2.45, 2.75) is 0 Å². The van der Waals surface area contributed by atoms with Gasteiger partial charge >= 0.3 is 5.91 Å². The first-order valence-electron chi connectivity index (χ1n) is 2.78. The maximum Gasteiger partial charge on any atom is 0.314 e. The summed E-state index contributed by atoms with van der Waals surface area (Å²) in [6.45, 7) is 0. The summed E-state index contributed by atoms with van der Waals surface area (Å²) in [5.74, 6) is -0.359. The number of azo groups is 1. The molecule has 0 fully saturated rings. The van der Waals surface area contributed by atoms with Gasteiger partial charge in [0.25, 0.3) is 0 Å². The van der Waals surface area contributed by atoms with Crippen LogP contribution in [0.5, 0.6) is 0 Å². The Hall–Kier alpha value is -1.58. The standard InChI is InChI=1S/C6H3N3O/c10-6-5-4(1-2-7-5)3-8-9-6/h1-3H. The lowest BCUT2D eigenvalue weighted by Gasteiger charge is -1.97. The highest BCUT2D eigenvalue weighted by Crippen LogP contribution is 2.13. The van der Waals surface area contributed by atoms with Crippen molar-refractivity contribution in [1.82, 2.24) is 0 Å². The molecule has 0 spiro atoms. The van der Waals surface area contributed by atoms with Crippen molar-refractivity contribution in [2.75, 3.05) is 0 Å². The molecule has 10 heavy (non-hydrogen) atoms. The lowest BCUT2D eigenvalue weighted by molar-refractivity contribution is -0.112. The van der Waals surface area contributed by atoms with Gasteiger partial charge in [-0.1, -0.05) is 0 Å². The first kappa shape index (κ1) is 5.22. The second-order valence-corrected chi connectivity index (χ2v) is 1.90. The molecule has 2 aliphatic rings. The van der Waals surface area contributed by atoms with Crippen LogP contribution in [0.15, 0.2) is 39.3 Å². The smallest absolute Gasteiger partial charge is 0.263 e. The topological polar surface area (TPSA) is 54.1 Å². The Morgan fingerprint density at radius 2 is 2.30 bits per heavy atom. The number of nitrogens with zero attached hydrogens (tertiary/aromatic N) is 3. The van der Waals surface area contributed by atoms with Crippen molar-refractivity contribution in [3.8, 4) is 0 Å². The highest BCUT2D eigenvalue weighted by atomic mass is 16.2. The number of aliphatic imine (C=N–C) groups is 1. The Balaban J connectivity index is 2.54. The highest BCUT2D eigenvalue weighted by Gasteiger charge is 2.19. The van der Waals surface area contributed by atoms with Gasteiger partial charge < -0.3 is 0 Å². The van der Waals surface area contributed by atoms with Gasteiger partial charge in [0.05, 0.1) is 6.20 Å². The number of allylic oxidation sites excluding steroid dienone is 1. The van der Waals surface area contributed by atoms with Gasteiger partial charge in [-0.15, -0.1) is 5.11 Å². The largest absolute Gasteiger partial charge is 0.314 e. The number of amides is 1. The summed E-state index contributed by atoms with van der Waals surface area (Å²) in [5, 5.41) is 6.79. The van der Waals surface area contributed by atoms with Gasteiger partial charge in [-0.3, -0.25) is 9.79 Å². The lowest BCUT2D eigenvalue weighted by atomic mass is 10.2. The zero-order chi connectivity index (χ0) is 6.97. The van der Waals surface area contributed by atoms with E-state index in [0.717, 1.165) is 5.57 Å². The van der Waals surface area contributed by atoms with Gasteiger partial charge in [-0.05, 0) is 6.08 Å². The molecule has 0 bridgehead atoms. The van der Waals surface area contributed by atoms with Crippen LogP contribution < -0.4 is 0 Å². The molecule has 0 aliphatic carbocycles. The molecular formula is C6H3N3O.